The first-order valence-corrected chi connectivity index (χ1v) is 7.40. The van der Waals surface area contributed by atoms with Crippen molar-refractivity contribution in [3.05, 3.63) is 60.6 Å². The normalized spacial score (nSPS) is 10.4. The van der Waals surface area contributed by atoms with E-state index < -0.39 is 0 Å². The highest BCUT2D eigenvalue weighted by molar-refractivity contribution is 14.1. The fraction of sp³-hybridized carbons (Fsp3) is 0.0769. The standard InChI is InChI=1S/C13H9Cl3IN/c14-10-3-1-8(5-11(10)15)7-18-13-4-2-9(17)6-12(13)16/h1-6,18H,7H2. The summed E-state index contributed by atoms with van der Waals surface area (Å²) in [7, 11) is 0. The Bertz CT molecular complexity index is 572. The molecule has 18 heavy (non-hydrogen) atoms. The molecular formula is C13H9Cl3IN. The molecule has 0 fully saturated rings. The van der Waals surface area contributed by atoms with Crippen LogP contribution in [0.1, 0.15) is 5.56 Å². The molecule has 0 aromatic heterocycles. The van der Waals surface area contributed by atoms with E-state index in [9.17, 15) is 0 Å². The Morgan fingerprint density at radius 1 is 0.889 bits per heavy atom. The van der Waals surface area contributed by atoms with Crippen molar-refractivity contribution in [2.24, 2.45) is 0 Å². The van der Waals surface area contributed by atoms with Crippen molar-refractivity contribution >= 4 is 63.1 Å². The Balaban J connectivity index is 2.09. The second-order valence-corrected chi connectivity index (χ2v) is 6.19. The second kappa shape index (κ2) is 6.33. The van der Waals surface area contributed by atoms with Gasteiger partial charge in [-0.2, -0.15) is 0 Å². The van der Waals surface area contributed by atoms with E-state index in [1.807, 2.05) is 30.3 Å². The third-order valence-electron chi connectivity index (χ3n) is 2.40. The maximum absolute atomic E-state index is 6.14. The topological polar surface area (TPSA) is 12.0 Å². The van der Waals surface area contributed by atoms with Crippen LogP contribution in [0.3, 0.4) is 0 Å². The highest BCUT2D eigenvalue weighted by Crippen LogP contribution is 2.26. The highest BCUT2D eigenvalue weighted by Gasteiger charge is 2.02. The molecule has 0 aliphatic heterocycles. The average molecular weight is 412 g/mol. The largest absolute Gasteiger partial charge is 0.380 e. The van der Waals surface area contributed by atoms with E-state index >= 15 is 0 Å². The third-order valence-corrected chi connectivity index (χ3v) is 4.12. The molecule has 0 amide bonds. The molecule has 0 radical (unpaired) electrons. The fourth-order valence-electron chi connectivity index (χ4n) is 1.48. The smallest absolute Gasteiger partial charge is 0.0648 e. The summed E-state index contributed by atoms with van der Waals surface area (Å²) in [5.41, 5.74) is 1.96. The van der Waals surface area contributed by atoms with Crippen LogP contribution >= 0.6 is 57.4 Å². The van der Waals surface area contributed by atoms with Gasteiger partial charge in [0, 0.05) is 10.1 Å². The van der Waals surface area contributed by atoms with Crippen LogP contribution in [0.25, 0.3) is 0 Å². The van der Waals surface area contributed by atoms with Crippen LogP contribution < -0.4 is 5.32 Å². The monoisotopic (exact) mass is 411 g/mol. The predicted molar refractivity (Wildman–Crippen MR) is 88.0 cm³/mol. The Morgan fingerprint density at radius 2 is 1.67 bits per heavy atom. The molecule has 0 spiro atoms. The van der Waals surface area contributed by atoms with Gasteiger partial charge in [0.05, 0.1) is 20.8 Å². The van der Waals surface area contributed by atoms with Crippen LogP contribution in [0, 0.1) is 3.57 Å². The molecule has 1 nitrogen and oxygen atoms in total. The second-order valence-electron chi connectivity index (χ2n) is 3.73. The van der Waals surface area contributed by atoms with Gasteiger partial charge in [-0.05, 0) is 58.5 Å². The Kier molecular flexibility index (Phi) is 5.01. The lowest BCUT2D eigenvalue weighted by atomic mass is 10.2. The summed E-state index contributed by atoms with van der Waals surface area (Å²) in [4.78, 5) is 0. The molecule has 0 saturated heterocycles. The molecule has 0 aliphatic carbocycles. The SMILES string of the molecule is Clc1ccc(CNc2ccc(I)cc2Cl)cc1Cl. The average Bonchev–Trinajstić information content (AvgIpc) is 2.32. The molecule has 0 bridgehead atoms. The minimum Gasteiger partial charge on any atom is -0.380 e. The van der Waals surface area contributed by atoms with Crippen molar-refractivity contribution in [1.82, 2.24) is 0 Å². The van der Waals surface area contributed by atoms with Crippen molar-refractivity contribution in [2.45, 2.75) is 6.54 Å². The van der Waals surface area contributed by atoms with Gasteiger partial charge in [0.25, 0.3) is 0 Å². The molecule has 0 heterocycles. The summed E-state index contributed by atoms with van der Waals surface area (Å²) < 4.78 is 1.11. The van der Waals surface area contributed by atoms with E-state index in [0.29, 0.717) is 21.6 Å². The Labute approximate surface area is 135 Å². The molecule has 1 N–H and O–H groups in total. The number of hydrogen-bond acceptors (Lipinski definition) is 1. The van der Waals surface area contributed by atoms with Crippen LogP contribution in [0.2, 0.25) is 15.1 Å². The van der Waals surface area contributed by atoms with Gasteiger partial charge in [-0.15, -0.1) is 0 Å². The van der Waals surface area contributed by atoms with Gasteiger partial charge in [-0.3, -0.25) is 0 Å². The van der Waals surface area contributed by atoms with Gasteiger partial charge in [0.15, 0.2) is 0 Å². The first-order valence-electron chi connectivity index (χ1n) is 5.19. The molecule has 0 saturated carbocycles. The lowest BCUT2D eigenvalue weighted by Gasteiger charge is -2.09. The number of benzene rings is 2. The molecule has 2 rings (SSSR count). The Morgan fingerprint density at radius 3 is 2.33 bits per heavy atom. The number of rotatable bonds is 3. The number of hydrogen-bond donors (Lipinski definition) is 1. The van der Waals surface area contributed by atoms with E-state index in [2.05, 4.69) is 27.9 Å². The predicted octanol–water partition coefficient (Wildman–Crippen LogP) is 5.86. The van der Waals surface area contributed by atoms with E-state index in [-0.39, 0.29) is 0 Å². The van der Waals surface area contributed by atoms with Crippen LogP contribution in [-0.4, -0.2) is 0 Å². The zero-order chi connectivity index (χ0) is 13.1. The maximum atomic E-state index is 6.14. The molecule has 2 aromatic rings. The molecule has 5 heteroatoms. The summed E-state index contributed by atoms with van der Waals surface area (Å²) in [6, 6.07) is 11.4. The molecular weight excluding hydrogens is 403 g/mol. The van der Waals surface area contributed by atoms with Crippen LogP contribution in [0.15, 0.2) is 36.4 Å². The van der Waals surface area contributed by atoms with Crippen molar-refractivity contribution in [1.29, 1.82) is 0 Å². The molecule has 0 aliphatic rings. The van der Waals surface area contributed by atoms with E-state index in [1.54, 1.807) is 6.07 Å². The van der Waals surface area contributed by atoms with Crippen LogP contribution in [-0.2, 0) is 6.54 Å². The molecule has 0 unspecified atom stereocenters. The van der Waals surface area contributed by atoms with E-state index in [1.165, 1.54) is 0 Å². The van der Waals surface area contributed by atoms with Gasteiger partial charge in [0.2, 0.25) is 0 Å². The van der Waals surface area contributed by atoms with Crippen molar-refractivity contribution in [3.63, 3.8) is 0 Å². The van der Waals surface area contributed by atoms with Crippen molar-refractivity contribution in [2.75, 3.05) is 5.32 Å². The van der Waals surface area contributed by atoms with Crippen LogP contribution in [0.4, 0.5) is 5.69 Å². The Hall–Kier alpha value is -0.160. The van der Waals surface area contributed by atoms with Crippen molar-refractivity contribution < 1.29 is 0 Å². The minimum absolute atomic E-state index is 0.560. The molecule has 94 valence electrons. The summed E-state index contributed by atoms with van der Waals surface area (Å²) in [6.45, 7) is 0.650. The number of nitrogens with one attached hydrogen (secondary N) is 1. The first-order chi connectivity index (χ1) is 8.56. The van der Waals surface area contributed by atoms with Crippen LogP contribution in [0.5, 0.6) is 0 Å². The zero-order valence-electron chi connectivity index (χ0n) is 9.18. The third kappa shape index (κ3) is 3.67. The molecule has 2 aromatic carbocycles. The molecule has 0 atom stereocenters. The fourth-order valence-corrected chi connectivity index (χ4v) is 2.72. The minimum atomic E-state index is 0.560. The summed E-state index contributed by atoms with van der Waals surface area (Å²) in [5, 5.41) is 5.10. The number of anilines is 1. The lowest BCUT2D eigenvalue weighted by molar-refractivity contribution is 1.15. The zero-order valence-corrected chi connectivity index (χ0v) is 13.6. The lowest BCUT2D eigenvalue weighted by Crippen LogP contribution is -2.00. The number of halogens is 4. The van der Waals surface area contributed by atoms with Gasteiger partial charge < -0.3 is 5.32 Å². The first kappa shape index (κ1) is 14.3. The summed E-state index contributed by atoms with van der Waals surface area (Å²) in [6.07, 6.45) is 0. The van der Waals surface area contributed by atoms with Gasteiger partial charge in [-0.1, -0.05) is 40.9 Å². The van der Waals surface area contributed by atoms with Gasteiger partial charge in [0.1, 0.15) is 0 Å². The quantitative estimate of drug-likeness (QED) is 0.623. The highest BCUT2D eigenvalue weighted by atomic mass is 127. The van der Waals surface area contributed by atoms with Crippen molar-refractivity contribution in [3.8, 4) is 0 Å². The summed E-state index contributed by atoms with van der Waals surface area (Å²) >= 11 is 20.2. The van der Waals surface area contributed by atoms with E-state index in [4.69, 9.17) is 34.8 Å². The van der Waals surface area contributed by atoms with Gasteiger partial charge >= 0.3 is 0 Å². The van der Waals surface area contributed by atoms with Gasteiger partial charge in [-0.25, -0.2) is 0 Å². The maximum Gasteiger partial charge on any atom is 0.0648 e. The van der Waals surface area contributed by atoms with E-state index in [0.717, 1.165) is 14.8 Å². The summed E-state index contributed by atoms with van der Waals surface area (Å²) in [5.74, 6) is 0.